The average Bonchev–Trinajstić information content (AvgIpc) is 2.35. The highest BCUT2D eigenvalue weighted by Crippen LogP contribution is 2.25. The molecule has 3 atom stereocenters. The van der Waals surface area contributed by atoms with Crippen LogP contribution in [0, 0.1) is 26.7 Å². The third kappa shape index (κ3) is 3.80. The van der Waals surface area contributed by atoms with E-state index in [1.165, 1.54) is 17.5 Å². The molecule has 0 aromatic carbocycles. The number of aromatic nitrogens is 1. The Bertz CT molecular complexity index is 435. The van der Waals surface area contributed by atoms with E-state index in [0.717, 1.165) is 37.2 Å². The zero-order valence-corrected chi connectivity index (χ0v) is 13.2. The molecule has 0 bridgehead atoms. The van der Waals surface area contributed by atoms with Crippen molar-refractivity contribution in [2.24, 2.45) is 5.92 Å². The Morgan fingerprint density at radius 1 is 1.35 bits per heavy atom. The molecular formula is C17H28N2O. The van der Waals surface area contributed by atoms with Crippen LogP contribution in [0.25, 0.3) is 0 Å². The van der Waals surface area contributed by atoms with Crippen molar-refractivity contribution in [3.05, 3.63) is 28.6 Å². The number of pyridine rings is 1. The van der Waals surface area contributed by atoms with Crippen molar-refractivity contribution >= 4 is 0 Å². The summed E-state index contributed by atoms with van der Waals surface area (Å²) >= 11 is 0. The van der Waals surface area contributed by atoms with E-state index >= 15 is 0 Å². The van der Waals surface area contributed by atoms with Crippen molar-refractivity contribution in [2.75, 3.05) is 6.54 Å². The Labute approximate surface area is 122 Å². The molecule has 0 spiro atoms. The van der Waals surface area contributed by atoms with Gasteiger partial charge in [-0.15, -0.1) is 0 Å². The van der Waals surface area contributed by atoms with Crippen molar-refractivity contribution < 1.29 is 5.11 Å². The summed E-state index contributed by atoms with van der Waals surface area (Å²) in [6, 6.07) is 2.48. The van der Waals surface area contributed by atoms with Crippen LogP contribution in [0.2, 0.25) is 0 Å². The first-order chi connectivity index (χ1) is 9.47. The third-order valence-electron chi connectivity index (χ3n) is 4.48. The van der Waals surface area contributed by atoms with Gasteiger partial charge in [-0.2, -0.15) is 0 Å². The van der Waals surface area contributed by atoms with Gasteiger partial charge in [0.05, 0.1) is 6.10 Å². The largest absolute Gasteiger partial charge is 0.393 e. The molecule has 0 saturated heterocycles. The fraction of sp³-hybridized carbons (Fsp3) is 0.706. The molecule has 112 valence electrons. The van der Waals surface area contributed by atoms with Crippen molar-refractivity contribution in [3.8, 4) is 0 Å². The molecule has 20 heavy (non-hydrogen) atoms. The summed E-state index contributed by atoms with van der Waals surface area (Å²) < 4.78 is 0. The second kappa shape index (κ2) is 6.68. The lowest BCUT2D eigenvalue weighted by molar-refractivity contribution is 0.0998. The Morgan fingerprint density at radius 2 is 2.10 bits per heavy atom. The highest BCUT2D eigenvalue weighted by atomic mass is 16.3. The fourth-order valence-electron chi connectivity index (χ4n) is 3.58. The maximum absolute atomic E-state index is 9.74. The second-order valence-corrected chi connectivity index (χ2v) is 6.40. The first-order valence-electron chi connectivity index (χ1n) is 7.83. The lowest BCUT2D eigenvalue weighted by atomic mass is 9.87. The van der Waals surface area contributed by atoms with Gasteiger partial charge in [-0.1, -0.05) is 6.42 Å². The summed E-state index contributed by atoms with van der Waals surface area (Å²) in [7, 11) is 0. The molecule has 1 aliphatic rings. The number of aliphatic hydroxyl groups excluding tert-OH is 1. The number of nitrogens with one attached hydrogen (secondary N) is 1. The number of aryl methyl sites for hydroxylation is 3. The lowest BCUT2D eigenvalue weighted by Gasteiger charge is -2.28. The van der Waals surface area contributed by atoms with Crippen LogP contribution in [0.15, 0.2) is 6.07 Å². The highest BCUT2D eigenvalue weighted by molar-refractivity contribution is 5.33. The van der Waals surface area contributed by atoms with E-state index in [2.05, 4.69) is 37.1 Å². The zero-order valence-electron chi connectivity index (χ0n) is 13.2. The van der Waals surface area contributed by atoms with Crippen LogP contribution in [0.4, 0.5) is 0 Å². The van der Waals surface area contributed by atoms with Gasteiger partial charge in [0.1, 0.15) is 0 Å². The predicted molar refractivity (Wildman–Crippen MR) is 82.8 cm³/mol. The Kier molecular flexibility index (Phi) is 5.17. The molecule has 0 amide bonds. The Morgan fingerprint density at radius 3 is 2.75 bits per heavy atom. The van der Waals surface area contributed by atoms with Crippen LogP contribution < -0.4 is 5.32 Å². The van der Waals surface area contributed by atoms with E-state index < -0.39 is 0 Å². The van der Waals surface area contributed by atoms with E-state index in [0.29, 0.717) is 12.0 Å². The van der Waals surface area contributed by atoms with E-state index in [1.54, 1.807) is 0 Å². The molecule has 1 heterocycles. The second-order valence-electron chi connectivity index (χ2n) is 6.40. The van der Waals surface area contributed by atoms with E-state index in [4.69, 9.17) is 0 Å². The van der Waals surface area contributed by atoms with Gasteiger partial charge < -0.3 is 10.4 Å². The van der Waals surface area contributed by atoms with Crippen molar-refractivity contribution in [1.29, 1.82) is 0 Å². The topological polar surface area (TPSA) is 45.1 Å². The Hall–Kier alpha value is -0.930. The summed E-state index contributed by atoms with van der Waals surface area (Å²) in [6.07, 6.45) is 4.23. The molecule has 3 nitrogen and oxygen atoms in total. The van der Waals surface area contributed by atoms with Gasteiger partial charge >= 0.3 is 0 Å². The van der Waals surface area contributed by atoms with Crippen LogP contribution in [-0.4, -0.2) is 22.7 Å². The molecule has 1 aromatic rings. The molecule has 3 heteroatoms. The van der Waals surface area contributed by atoms with Gasteiger partial charge in [0.15, 0.2) is 0 Å². The maximum atomic E-state index is 9.74. The minimum Gasteiger partial charge on any atom is -0.393 e. The smallest absolute Gasteiger partial charge is 0.0543 e. The van der Waals surface area contributed by atoms with Crippen LogP contribution >= 0.6 is 0 Å². The van der Waals surface area contributed by atoms with Gasteiger partial charge in [-0.25, -0.2) is 0 Å². The van der Waals surface area contributed by atoms with E-state index in [1.807, 2.05) is 6.92 Å². The van der Waals surface area contributed by atoms with Crippen LogP contribution in [-0.2, 0) is 0 Å². The summed E-state index contributed by atoms with van der Waals surface area (Å²) in [4.78, 5) is 4.58. The maximum Gasteiger partial charge on any atom is 0.0543 e. The van der Waals surface area contributed by atoms with Crippen molar-refractivity contribution in [2.45, 2.75) is 65.5 Å². The number of nitrogens with zero attached hydrogens (tertiary/aromatic N) is 1. The average molecular weight is 276 g/mol. The molecule has 3 unspecified atom stereocenters. The van der Waals surface area contributed by atoms with Crippen molar-refractivity contribution in [1.82, 2.24) is 10.3 Å². The molecule has 1 saturated carbocycles. The summed E-state index contributed by atoms with van der Waals surface area (Å²) in [6.45, 7) is 9.51. The molecule has 1 fully saturated rings. The minimum atomic E-state index is -0.0876. The quantitative estimate of drug-likeness (QED) is 0.887. The monoisotopic (exact) mass is 276 g/mol. The summed E-state index contributed by atoms with van der Waals surface area (Å²) in [5.41, 5.74) is 4.86. The first kappa shape index (κ1) is 15.5. The van der Waals surface area contributed by atoms with Gasteiger partial charge in [0.2, 0.25) is 0 Å². The number of rotatable bonds is 4. The molecule has 2 rings (SSSR count). The zero-order chi connectivity index (χ0) is 14.7. The molecular weight excluding hydrogens is 248 g/mol. The molecule has 0 radical (unpaired) electrons. The van der Waals surface area contributed by atoms with E-state index in [-0.39, 0.29) is 6.10 Å². The minimum absolute atomic E-state index is 0.0876. The summed E-state index contributed by atoms with van der Waals surface area (Å²) in [5, 5.41) is 13.4. The molecule has 1 aliphatic carbocycles. The first-order valence-corrected chi connectivity index (χ1v) is 7.83. The van der Waals surface area contributed by atoms with Crippen LogP contribution in [0.3, 0.4) is 0 Å². The van der Waals surface area contributed by atoms with E-state index in [9.17, 15) is 5.11 Å². The SMILES string of the molecule is Cc1cc(C)c(C(C)NCC2CCCC(O)C2)c(C)n1. The van der Waals surface area contributed by atoms with Crippen molar-refractivity contribution in [3.63, 3.8) is 0 Å². The normalized spacial score (nSPS) is 24.6. The van der Waals surface area contributed by atoms with Gasteiger partial charge in [0.25, 0.3) is 0 Å². The molecule has 2 N–H and O–H groups in total. The standard InChI is InChI=1S/C17H28N2O/c1-11-8-12(2)19-14(4)17(11)13(3)18-10-15-6-5-7-16(20)9-15/h8,13,15-16,18,20H,5-7,9-10H2,1-4H3. The van der Waals surface area contributed by atoms with Gasteiger partial charge in [-0.05, 0) is 76.6 Å². The Balaban J connectivity index is 1.96. The van der Waals surface area contributed by atoms with Crippen LogP contribution in [0.5, 0.6) is 0 Å². The summed E-state index contributed by atoms with van der Waals surface area (Å²) in [5.74, 6) is 0.611. The molecule has 0 aliphatic heterocycles. The molecule has 1 aromatic heterocycles. The van der Waals surface area contributed by atoms with Gasteiger partial charge in [-0.3, -0.25) is 4.98 Å². The predicted octanol–water partition coefficient (Wildman–Crippen LogP) is 3.21. The van der Waals surface area contributed by atoms with Crippen LogP contribution in [0.1, 0.15) is 61.2 Å². The number of aliphatic hydroxyl groups is 1. The fourth-order valence-corrected chi connectivity index (χ4v) is 3.58. The highest BCUT2D eigenvalue weighted by Gasteiger charge is 2.21. The number of hydrogen-bond donors (Lipinski definition) is 2. The third-order valence-corrected chi connectivity index (χ3v) is 4.48. The van der Waals surface area contributed by atoms with Gasteiger partial charge in [0, 0.05) is 17.4 Å². The number of hydrogen-bond acceptors (Lipinski definition) is 3. The lowest BCUT2D eigenvalue weighted by Crippen LogP contribution is -2.31.